The number of carbonyl (C=O) groups excluding carboxylic acids is 1. The van der Waals surface area contributed by atoms with E-state index in [1.54, 1.807) is 36.4 Å². The summed E-state index contributed by atoms with van der Waals surface area (Å²) in [4.78, 5) is 15.2. The van der Waals surface area contributed by atoms with Crippen LogP contribution in [0.3, 0.4) is 0 Å². The van der Waals surface area contributed by atoms with Crippen LogP contribution < -0.4 is 14.2 Å². The van der Waals surface area contributed by atoms with Crippen LogP contribution in [0.2, 0.25) is 0 Å². The summed E-state index contributed by atoms with van der Waals surface area (Å²) in [5, 5.41) is 0. The Labute approximate surface area is 193 Å². The highest BCUT2D eigenvalue weighted by atomic mass is 32.2. The van der Waals surface area contributed by atoms with E-state index in [0.29, 0.717) is 36.8 Å². The molecule has 0 bridgehead atoms. The first-order valence-corrected chi connectivity index (χ1v) is 12.4. The zero-order valence-electron chi connectivity index (χ0n) is 17.9. The van der Waals surface area contributed by atoms with Gasteiger partial charge >= 0.3 is 0 Å². The van der Waals surface area contributed by atoms with Crippen LogP contribution in [-0.2, 0) is 10.0 Å². The second kappa shape index (κ2) is 8.78. The normalized spacial score (nSPS) is 17.6. The van der Waals surface area contributed by atoms with Crippen molar-refractivity contribution in [2.75, 3.05) is 24.5 Å². The lowest BCUT2D eigenvalue weighted by Crippen LogP contribution is -2.30. The number of para-hydroxylation sites is 1. The molecule has 2 aliphatic rings. The second-order valence-electron chi connectivity index (χ2n) is 8.06. The smallest absolute Gasteiger partial charge is 0.261 e. The van der Waals surface area contributed by atoms with Crippen molar-refractivity contribution >= 4 is 21.6 Å². The number of sulfonamides is 1. The molecule has 8 heteroatoms. The van der Waals surface area contributed by atoms with Crippen LogP contribution in [0, 0.1) is 0 Å². The fraction of sp³-hybridized carbons (Fsp3) is 0.240. The van der Waals surface area contributed by atoms with Gasteiger partial charge in [-0.15, -0.1) is 0 Å². The standard InChI is InChI=1S/C25H24N2O5S/c28-25(18-8-11-21(12-9-18)33(29,30)26-20-5-2-1-3-6-20)27-14-4-7-22(27)19-10-13-23-24(17-19)32-16-15-31-23/h1-3,5-6,8-13,17,22,26H,4,7,14-16H2/t22-/m0/s1. The Morgan fingerprint density at radius 2 is 1.64 bits per heavy atom. The van der Waals surface area contributed by atoms with Crippen molar-refractivity contribution < 1.29 is 22.7 Å². The molecule has 1 fully saturated rings. The molecular weight excluding hydrogens is 440 g/mol. The Morgan fingerprint density at radius 3 is 2.39 bits per heavy atom. The van der Waals surface area contributed by atoms with E-state index in [9.17, 15) is 13.2 Å². The van der Waals surface area contributed by atoms with Crippen molar-refractivity contribution in [3.8, 4) is 11.5 Å². The van der Waals surface area contributed by atoms with Crippen molar-refractivity contribution in [2.45, 2.75) is 23.8 Å². The van der Waals surface area contributed by atoms with Crippen LogP contribution in [0.5, 0.6) is 11.5 Å². The number of likely N-dealkylation sites (tertiary alicyclic amines) is 1. The lowest BCUT2D eigenvalue weighted by Gasteiger charge is -2.27. The molecule has 0 saturated carbocycles. The molecule has 2 heterocycles. The monoisotopic (exact) mass is 464 g/mol. The topological polar surface area (TPSA) is 84.9 Å². The number of hydrogen-bond donors (Lipinski definition) is 1. The molecule has 1 N–H and O–H groups in total. The second-order valence-corrected chi connectivity index (χ2v) is 9.74. The summed E-state index contributed by atoms with van der Waals surface area (Å²) in [6.07, 6.45) is 1.76. The Bertz CT molecular complexity index is 1260. The highest BCUT2D eigenvalue weighted by Gasteiger charge is 2.31. The third kappa shape index (κ3) is 4.39. The molecule has 5 rings (SSSR count). The van der Waals surface area contributed by atoms with Gasteiger partial charge in [-0.3, -0.25) is 9.52 Å². The molecule has 2 aliphatic heterocycles. The van der Waals surface area contributed by atoms with E-state index in [4.69, 9.17) is 9.47 Å². The molecule has 3 aromatic carbocycles. The maximum Gasteiger partial charge on any atom is 0.261 e. The first-order chi connectivity index (χ1) is 16.0. The molecule has 1 atom stereocenters. The molecule has 7 nitrogen and oxygen atoms in total. The molecular formula is C25H24N2O5S. The van der Waals surface area contributed by atoms with Gasteiger partial charge in [0, 0.05) is 17.8 Å². The molecule has 0 radical (unpaired) electrons. The number of rotatable bonds is 5. The van der Waals surface area contributed by atoms with E-state index in [1.165, 1.54) is 12.1 Å². The summed E-state index contributed by atoms with van der Waals surface area (Å²) in [5.74, 6) is 1.31. The number of benzene rings is 3. The molecule has 0 unspecified atom stereocenters. The van der Waals surface area contributed by atoms with Crippen LogP contribution in [0.1, 0.15) is 34.8 Å². The predicted octanol–water partition coefficient (Wildman–Crippen LogP) is 4.24. The van der Waals surface area contributed by atoms with Crippen molar-refractivity contribution in [1.29, 1.82) is 0 Å². The van der Waals surface area contributed by atoms with Crippen LogP contribution >= 0.6 is 0 Å². The van der Waals surface area contributed by atoms with Crippen LogP contribution in [0.15, 0.2) is 77.7 Å². The summed E-state index contributed by atoms with van der Waals surface area (Å²) < 4.78 is 39.2. The minimum Gasteiger partial charge on any atom is -0.486 e. The number of amides is 1. The van der Waals surface area contributed by atoms with Crippen LogP contribution in [0.25, 0.3) is 0 Å². The van der Waals surface area contributed by atoms with Gasteiger partial charge in [-0.25, -0.2) is 8.42 Å². The fourth-order valence-corrected chi connectivity index (χ4v) is 5.34. The van der Waals surface area contributed by atoms with Gasteiger partial charge in [0.15, 0.2) is 11.5 Å². The minimum absolute atomic E-state index is 0.0588. The Hall–Kier alpha value is -3.52. The fourth-order valence-electron chi connectivity index (χ4n) is 4.29. The number of nitrogens with one attached hydrogen (secondary N) is 1. The molecule has 1 amide bonds. The highest BCUT2D eigenvalue weighted by molar-refractivity contribution is 7.92. The molecule has 33 heavy (non-hydrogen) atoms. The van der Waals surface area contributed by atoms with E-state index in [1.807, 2.05) is 29.2 Å². The predicted molar refractivity (Wildman–Crippen MR) is 124 cm³/mol. The van der Waals surface area contributed by atoms with Crippen molar-refractivity contribution in [3.63, 3.8) is 0 Å². The average molecular weight is 465 g/mol. The SMILES string of the molecule is O=C(c1ccc(S(=O)(=O)Nc2ccccc2)cc1)N1CCC[C@H]1c1ccc2c(c1)OCCO2. The number of anilines is 1. The number of ether oxygens (including phenoxy) is 2. The largest absolute Gasteiger partial charge is 0.486 e. The zero-order chi connectivity index (χ0) is 22.8. The quantitative estimate of drug-likeness (QED) is 0.611. The van der Waals surface area contributed by atoms with Crippen LogP contribution in [-0.4, -0.2) is 39.0 Å². The van der Waals surface area contributed by atoms with E-state index in [-0.39, 0.29) is 16.8 Å². The van der Waals surface area contributed by atoms with Crippen molar-refractivity contribution in [3.05, 3.63) is 83.9 Å². The minimum atomic E-state index is -3.74. The van der Waals surface area contributed by atoms with Gasteiger partial charge in [0.05, 0.1) is 10.9 Å². The lowest BCUT2D eigenvalue weighted by atomic mass is 10.0. The molecule has 1 saturated heterocycles. The third-order valence-electron chi connectivity index (χ3n) is 5.90. The zero-order valence-corrected chi connectivity index (χ0v) is 18.8. The number of fused-ring (bicyclic) bond motifs is 1. The summed E-state index contributed by atoms with van der Waals surface area (Å²) in [7, 11) is -3.74. The maximum absolute atomic E-state index is 13.3. The molecule has 170 valence electrons. The van der Waals surface area contributed by atoms with Crippen molar-refractivity contribution in [2.24, 2.45) is 0 Å². The van der Waals surface area contributed by atoms with Gasteiger partial charge in [-0.05, 0) is 66.9 Å². The summed E-state index contributed by atoms with van der Waals surface area (Å²) >= 11 is 0. The van der Waals surface area contributed by atoms with Gasteiger partial charge in [0.25, 0.3) is 15.9 Å². The van der Waals surface area contributed by atoms with Gasteiger partial charge in [0.2, 0.25) is 0 Å². The maximum atomic E-state index is 13.3. The molecule has 3 aromatic rings. The summed E-state index contributed by atoms with van der Waals surface area (Å²) in [6, 6.07) is 20.5. The third-order valence-corrected chi connectivity index (χ3v) is 7.30. The average Bonchev–Trinajstić information content (AvgIpc) is 3.34. The van der Waals surface area contributed by atoms with Crippen LogP contribution in [0.4, 0.5) is 5.69 Å². The van der Waals surface area contributed by atoms with E-state index in [2.05, 4.69) is 4.72 Å². The Morgan fingerprint density at radius 1 is 0.909 bits per heavy atom. The van der Waals surface area contributed by atoms with E-state index < -0.39 is 10.0 Å². The van der Waals surface area contributed by atoms with Crippen molar-refractivity contribution in [1.82, 2.24) is 4.90 Å². The first-order valence-electron chi connectivity index (χ1n) is 10.9. The summed E-state index contributed by atoms with van der Waals surface area (Å²) in [5.41, 5.74) is 1.95. The highest BCUT2D eigenvalue weighted by Crippen LogP contribution is 2.38. The Balaban J connectivity index is 1.34. The van der Waals surface area contributed by atoms with E-state index in [0.717, 1.165) is 24.2 Å². The van der Waals surface area contributed by atoms with Gasteiger partial charge in [0.1, 0.15) is 13.2 Å². The van der Waals surface area contributed by atoms with E-state index >= 15 is 0 Å². The number of carbonyl (C=O) groups is 1. The van der Waals surface area contributed by atoms with Gasteiger partial charge < -0.3 is 14.4 Å². The molecule has 0 aromatic heterocycles. The summed E-state index contributed by atoms with van der Waals surface area (Å²) in [6.45, 7) is 1.69. The molecule has 0 aliphatic carbocycles. The number of nitrogens with zero attached hydrogens (tertiary/aromatic N) is 1. The molecule has 0 spiro atoms. The van der Waals surface area contributed by atoms with Gasteiger partial charge in [-0.1, -0.05) is 24.3 Å². The first kappa shape index (κ1) is 21.3. The number of hydrogen-bond acceptors (Lipinski definition) is 5. The van der Waals surface area contributed by atoms with Gasteiger partial charge in [-0.2, -0.15) is 0 Å². The Kier molecular flexibility index (Phi) is 5.68. The lowest BCUT2D eigenvalue weighted by molar-refractivity contribution is 0.0735.